The maximum Gasteiger partial charge on any atom is 0.253 e. The predicted octanol–water partition coefficient (Wildman–Crippen LogP) is 3.85. The lowest BCUT2D eigenvalue weighted by Gasteiger charge is -2.32. The van der Waals surface area contributed by atoms with E-state index < -0.39 is 0 Å². The Balaban J connectivity index is 1.21. The summed E-state index contributed by atoms with van der Waals surface area (Å²) in [6.07, 6.45) is 5.47. The van der Waals surface area contributed by atoms with Gasteiger partial charge in [-0.05, 0) is 49.9 Å². The second-order valence-electron chi connectivity index (χ2n) is 7.48. The molecule has 27 heavy (non-hydrogen) atoms. The fourth-order valence-corrected chi connectivity index (χ4v) is 4.04. The Hall–Kier alpha value is -2.59. The molecule has 1 saturated heterocycles. The predicted molar refractivity (Wildman–Crippen MR) is 110 cm³/mol. The van der Waals surface area contributed by atoms with Crippen LogP contribution in [0.1, 0.15) is 28.8 Å². The summed E-state index contributed by atoms with van der Waals surface area (Å²) in [5.41, 5.74) is 3.18. The van der Waals surface area contributed by atoms with Gasteiger partial charge in [-0.3, -0.25) is 4.79 Å². The van der Waals surface area contributed by atoms with Gasteiger partial charge in [0.05, 0.1) is 5.56 Å². The van der Waals surface area contributed by atoms with Crippen LogP contribution in [0.3, 0.4) is 0 Å². The molecule has 0 aliphatic carbocycles. The summed E-state index contributed by atoms with van der Waals surface area (Å²) < 4.78 is 0. The lowest BCUT2D eigenvalue weighted by atomic mass is 9.90. The van der Waals surface area contributed by atoms with Gasteiger partial charge in [-0.25, -0.2) is 0 Å². The molecule has 2 aromatic carbocycles. The van der Waals surface area contributed by atoms with Gasteiger partial charge >= 0.3 is 0 Å². The molecule has 1 amide bonds. The van der Waals surface area contributed by atoms with Crippen molar-refractivity contribution in [3.63, 3.8) is 0 Å². The first-order valence-electron chi connectivity index (χ1n) is 9.90. The van der Waals surface area contributed by atoms with Crippen molar-refractivity contribution in [2.45, 2.75) is 19.3 Å². The normalized spacial score (nSPS) is 15.9. The third-order valence-corrected chi connectivity index (χ3v) is 5.62. The van der Waals surface area contributed by atoms with Gasteiger partial charge in [-0.2, -0.15) is 0 Å². The molecule has 2 heterocycles. The van der Waals surface area contributed by atoms with Gasteiger partial charge in [-0.15, -0.1) is 0 Å². The number of piperidine rings is 1. The fourth-order valence-electron chi connectivity index (χ4n) is 4.04. The molecule has 0 radical (unpaired) electrons. The summed E-state index contributed by atoms with van der Waals surface area (Å²) >= 11 is 0. The number of hydrogen-bond donors (Lipinski definition) is 2. The molecule has 2 N–H and O–H groups in total. The summed E-state index contributed by atoms with van der Waals surface area (Å²) in [4.78, 5) is 18.1. The summed E-state index contributed by atoms with van der Waals surface area (Å²) in [6.45, 7) is 3.87. The maximum absolute atomic E-state index is 12.5. The molecule has 3 aromatic rings. The van der Waals surface area contributed by atoms with Crippen LogP contribution in [0.5, 0.6) is 0 Å². The molecule has 1 aliphatic rings. The highest BCUT2D eigenvalue weighted by atomic mass is 16.1. The number of fused-ring (bicyclic) bond motifs is 1. The van der Waals surface area contributed by atoms with Crippen molar-refractivity contribution < 1.29 is 4.79 Å². The van der Waals surface area contributed by atoms with E-state index in [1.54, 1.807) is 6.20 Å². The average molecular weight is 361 g/mol. The second kappa shape index (κ2) is 8.40. The van der Waals surface area contributed by atoms with Crippen LogP contribution in [-0.2, 0) is 6.42 Å². The quantitative estimate of drug-likeness (QED) is 0.700. The van der Waals surface area contributed by atoms with E-state index in [2.05, 4.69) is 45.5 Å². The van der Waals surface area contributed by atoms with Crippen LogP contribution in [0.4, 0.5) is 0 Å². The number of aromatic amines is 1. The van der Waals surface area contributed by atoms with Crippen LogP contribution in [0.25, 0.3) is 10.9 Å². The van der Waals surface area contributed by atoms with E-state index in [9.17, 15) is 4.79 Å². The molecule has 1 fully saturated rings. The zero-order valence-electron chi connectivity index (χ0n) is 15.7. The van der Waals surface area contributed by atoms with Gasteiger partial charge < -0.3 is 15.2 Å². The van der Waals surface area contributed by atoms with E-state index >= 15 is 0 Å². The largest absolute Gasteiger partial charge is 0.360 e. The SMILES string of the molecule is O=C(NCCN1CCC(Cc2ccccc2)CC1)c1c[nH]c2ccccc12. The van der Waals surface area contributed by atoms with E-state index in [1.165, 1.54) is 24.8 Å². The highest BCUT2D eigenvalue weighted by Crippen LogP contribution is 2.21. The van der Waals surface area contributed by atoms with E-state index in [0.29, 0.717) is 6.54 Å². The Bertz CT molecular complexity index is 879. The molecule has 4 rings (SSSR count). The van der Waals surface area contributed by atoms with Crippen molar-refractivity contribution in [1.82, 2.24) is 15.2 Å². The molecule has 0 spiro atoms. The Kier molecular flexibility index (Phi) is 5.54. The molecular formula is C23H27N3O. The van der Waals surface area contributed by atoms with Gasteiger partial charge in [0.2, 0.25) is 0 Å². The van der Waals surface area contributed by atoms with Gasteiger partial charge in [0.15, 0.2) is 0 Å². The van der Waals surface area contributed by atoms with Crippen LogP contribution in [0.15, 0.2) is 60.8 Å². The zero-order chi connectivity index (χ0) is 18.5. The molecule has 4 heteroatoms. The first-order chi connectivity index (χ1) is 13.3. The second-order valence-corrected chi connectivity index (χ2v) is 7.48. The van der Waals surface area contributed by atoms with Crippen LogP contribution in [0, 0.1) is 5.92 Å². The van der Waals surface area contributed by atoms with Crippen molar-refractivity contribution in [3.8, 4) is 0 Å². The standard InChI is InChI=1S/C23H27N3O/c27-23(21-17-25-22-9-5-4-8-20(21)22)24-12-15-26-13-10-19(11-14-26)16-18-6-2-1-3-7-18/h1-9,17,19,25H,10-16H2,(H,24,27). The van der Waals surface area contributed by atoms with Crippen molar-refractivity contribution in [3.05, 3.63) is 71.9 Å². The molecule has 0 saturated carbocycles. The molecule has 0 bridgehead atoms. The van der Waals surface area contributed by atoms with Crippen LogP contribution < -0.4 is 5.32 Å². The molecular weight excluding hydrogens is 334 g/mol. The number of para-hydroxylation sites is 1. The fraction of sp³-hybridized carbons (Fsp3) is 0.348. The number of nitrogens with zero attached hydrogens (tertiary/aromatic N) is 1. The van der Waals surface area contributed by atoms with Crippen molar-refractivity contribution in [1.29, 1.82) is 0 Å². The van der Waals surface area contributed by atoms with Gasteiger partial charge in [-0.1, -0.05) is 48.5 Å². The summed E-state index contributed by atoms with van der Waals surface area (Å²) in [5.74, 6) is 0.788. The Morgan fingerprint density at radius 2 is 1.78 bits per heavy atom. The number of aromatic nitrogens is 1. The Morgan fingerprint density at radius 1 is 1.04 bits per heavy atom. The minimum atomic E-state index is 0.00594. The zero-order valence-corrected chi connectivity index (χ0v) is 15.7. The molecule has 0 unspecified atom stereocenters. The van der Waals surface area contributed by atoms with Crippen molar-refractivity contribution >= 4 is 16.8 Å². The minimum Gasteiger partial charge on any atom is -0.360 e. The monoisotopic (exact) mass is 361 g/mol. The number of hydrogen-bond acceptors (Lipinski definition) is 2. The minimum absolute atomic E-state index is 0.00594. The van der Waals surface area contributed by atoms with Crippen LogP contribution >= 0.6 is 0 Å². The Morgan fingerprint density at radius 3 is 2.59 bits per heavy atom. The maximum atomic E-state index is 12.5. The van der Waals surface area contributed by atoms with Crippen LogP contribution in [0.2, 0.25) is 0 Å². The third kappa shape index (κ3) is 4.40. The van der Waals surface area contributed by atoms with E-state index in [1.807, 2.05) is 24.3 Å². The smallest absolute Gasteiger partial charge is 0.253 e. The van der Waals surface area contributed by atoms with Gasteiger partial charge in [0.25, 0.3) is 5.91 Å². The van der Waals surface area contributed by atoms with E-state index in [4.69, 9.17) is 0 Å². The summed E-state index contributed by atoms with van der Waals surface area (Å²) in [6, 6.07) is 18.7. The van der Waals surface area contributed by atoms with Crippen molar-refractivity contribution in [2.24, 2.45) is 5.92 Å². The summed E-state index contributed by atoms with van der Waals surface area (Å²) in [7, 11) is 0. The molecule has 1 aliphatic heterocycles. The summed E-state index contributed by atoms with van der Waals surface area (Å²) in [5, 5.41) is 4.06. The van der Waals surface area contributed by atoms with E-state index in [0.717, 1.165) is 42.0 Å². The molecule has 1 aromatic heterocycles. The number of benzene rings is 2. The number of carbonyl (C=O) groups excluding carboxylic acids is 1. The highest BCUT2D eigenvalue weighted by molar-refractivity contribution is 6.06. The highest BCUT2D eigenvalue weighted by Gasteiger charge is 2.19. The van der Waals surface area contributed by atoms with Gasteiger partial charge in [0, 0.05) is 30.2 Å². The van der Waals surface area contributed by atoms with Gasteiger partial charge in [0.1, 0.15) is 0 Å². The third-order valence-electron chi connectivity index (χ3n) is 5.62. The Labute approximate surface area is 160 Å². The number of likely N-dealkylation sites (tertiary alicyclic amines) is 1. The van der Waals surface area contributed by atoms with Crippen LogP contribution in [-0.4, -0.2) is 42.0 Å². The molecule has 4 nitrogen and oxygen atoms in total. The topological polar surface area (TPSA) is 48.1 Å². The van der Waals surface area contributed by atoms with E-state index in [-0.39, 0.29) is 5.91 Å². The number of carbonyl (C=O) groups is 1. The first kappa shape index (κ1) is 17.8. The number of rotatable bonds is 6. The molecule has 140 valence electrons. The number of amides is 1. The average Bonchev–Trinajstić information content (AvgIpc) is 3.14. The van der Waals surface area contributed by atoms with Crippen molar-refractivity contribution in [2.75, 3.05) is 26.2 Å². The number of nitrogens with one attached hydrogen (secondary N) is 2. The lowest BCUT2D eigenvalue weighted by molar-refractivity contribution is 0.0945. The number of H-pyrrole nitrogens is 1. The first-order valence-corrected chi connectivity index (χ1v) is 9.90. The lowest BCUT2D eigenvalue weighted by Crippen LogP contribution is -2.39. The molecule has 0 atom stereocenters.